The number of rotatable bonds is 4. The van der Waals surface area contributed by atoms with Crippen molar-refractivity contribution in [1.29, 1.82) is 0 Å². The van der Waals surface area contributed by atoms with Crippen LogP contribution in [0.3, 0.4) is 0 Å². The number of hydrogen-bond acceptors (Lipinski definition) is 4. The second kappa shape index (κ2) is 7.18. The van der Waals surface area contributed by atoms with Gasteiger partial charge in [0.05, 0.1) is 0 Å². The zero-order valence-corrected chi connectivity index (χ0v) is 9.44. The van der Waals surface area contributed by atoms with Crippen molar-refractivity contribution in [3.8, 4) is 0 Å². The van der Waals surface area contributed by atoms with E-state index in [0.717, 1.165) is 11.5 Å². The molecular formula is C6H13NOS3. The second-order valence-electron chi connectivity index (χ2n) is 1.56. The molecule has 0 saturated carbocycles. The minimum Gasteiger partial charge on any atom is -0.260 e. The van der Waals surface area contributed by atoms with Gasteiger partial charge in [-0.15, -0.1) is 0 Å². The molecule has 0 aliphatic rings. The molecule has 1 amide bonds. The van der Waals surface area contributed by atoms with Crippen molar-refractivity contribution >= 4 is 40.9 Å². The van der Waals surface area contributed by atoms with Crippen molar-refractivity contribution in [1.82, 2.24) is 3.71 Å². The van der Waals surface area contributed by atoms with Crippen LogP contribution in [0.15, 0.2) is 0 Å². The molecular weight excluding hydrogens is 198 g/mol. The van der Waals surface area contributed by atoms with Crippen molar-refractivity contribution in [3.05, 3.63) is 0 Å². The number of carbonyl (C=O) groups is 1. The molecule has 2 nitrogen and oxygen atoms in total. The lowest BCUT2D eigenvalue weighted by molar-refractivity contribution is 0.259. The largest absolute Gasteiger partial charge is 0.301 e. The molecule has 0 rings (SSSR count). The van der Waals surface area contributed by atoms with Gasteiger partial charge in [0.25, 0.3) is 0 Å². The molecule has 66 valence electrons. The van der Waals surface area contributed by atoms with Crippen LogP contribution < -0.4 is 0 Å². The normalized spacial score (nSPS) is 9.73. The number of carbonyl (C=O) groups excluding carboxylic acids is 1. The van der Waals surface area contributed by atoms with Crippen LogP contribution in [0, 0.1) is 0 Å². The lowest BCUT2D eigenvalue weighted by atomic mass is 11.0. The standard InChI is InChI=1S/C6H13NOS3/c1-4-10-7(11-5-2)6(8)9-3/h4-5H2,1-3H3. The maximum Gasteiger partial charge on any atom is 0.301 e. The zero-order chi connectivity index (χ0) is 8.69. The van der Waals surface area contributed by atoms with Gasteiger partial charge in [-0.3, -0.25) is 4.79 Å². The Kier molecular flexibility index (Phi) is 7.52. The summed E-state index contributed by atoms with van der Waals surface area (Å²) in [6, 6.07) is 0. The van der Waals surface area contributed by atoms with Crippen molar-refractivity contribution in [2.24, 2.45) is 0 Å². The first kappa shape index (κ1) is 11.5. The summed E-state index contributed by atoms with van der Waals surface area (Å²) in [4.78, 5) is 11.1. The highest BCUT2D eigenvalue weighted by Gasteiger charge is 2.11. The lowest BCUT2D eigenvalue weighted by Gasteiger charge is -2.16. The summed E-state index contributed by atoms with van der Waals surface area (Å²) in [6.07, 6.45) is 1.81. The van der Waals surface area contributed by atoms with Crippen molar-refractivity contribution in [3.63, 3.8) is 0 Å². The molecule has 5 heteroatoms. The summed E-state index contributed by atoms with van der Waals surface area (Å²) in [5.74, 6) is 1.89. The molecule has 0 radical (unpaired) electrons. The fourth-order valence-corrected chi connectivity index (χ4v) is 2.97. The third-order valence-corrected chi connectivity index (χ3v) is 3.53. The predicted octanol–water partition coefficient (Wildman–Crippen LogP) is 3.11. The van der Waals surface area contributed by atoms with E-state index in [0.29, 0.717) is 0 Å². The Balaban J connectivity index is 3.76. The number of thioether (sulfide) groups is 1. The average Bonchev–Trinajstić information content (AvgIpc) is 2.03. The maximum atomic E-state index is 11.1. The van der Waals surface area contributed by atoms with Gasteiger partial charge in [0.1, 0.15) is 0 Å². The van der Waals surface area contributed by atoms with Gasteiger partial charge in [-0.05, 0) is 30.2 Å². The van der Waals surface area contributed by atoms with Gasteiger partial charge in [-0.2, -0.15) is 0 Å². The number of hydrogen-bond donors (Lipinski definition) is 0. The monoisotopic (exact) mass is 211 g/mol. The van der Waals surface area contributed by atoms with Crippen LogP contribution in [0.1, 0.15) is 13.8 Å². The van der Waals surface area contributed by atoms with Gasteiger partial charge in [-0.1, -0.05) is 25.6 Å². The summed E-state index contributed by atoms with van der Waals surface area (Å²) >= 11 is 4.38. The molecule has 0 N–H and O–H groups in total. The van der Waals surface area contributed by atoms with Crippen molar-refractivity contribution in [2.45, 2.75) is 13.8 Å². The molecule has 0 aromatic rings. The molecule has 0 unspecified atom stereocenters. The van der Waals surface area contributed by atoms with Crippen molar-refractivity contribution in [2.75, 3.05) is 17.8 Å². The van der Waals surface area contributed by atoms with Crippen molar-refractivity contribution < 1.29 is 4.79 Å². The Morgan fingerprint density at radius 3 is 2.00 bits per heavy atom. The Morgan fingerprint density at radius 1 is 1.27 bits per heavy atom. The third-order valence-electron chi connectivity index (χ3n) is 0.816. The number of nitrogens with zero attached hydrogens (tertiary/aromatic N) is 1. The van der Waals surface area contributed by atoms with Crippen LogP contribution in [0.2, 0.25) is 0 Å². The fraction of sp³-hybridized carbons (Fsp3) is 0.833. The van der Waals surface area contributed by atoms with Gasteiger partial charge in [0, 0.05) is 11.5 Å². The van der Waals surface area contributed by atoms with Gasteiger partial charge in [0.2, 0.25) is 0 Å². The van der Waals surface area contributed by atoms with E-state index < -0.39 is 0 Å². The summed E-state index contributed by atoms with van der Waals surface area (Å²) in [5, 5.41) is 0.128. The Morgan fingerprint density at radius 2 is 1.73 bits per heavy atom. The Bertz CT molecular complexity index is 114. The van der Waals surface area contributed by atoms with E-state index in [2.05, 4.69) is 0 Å². The zero-order valence-electron chi connectivity index (χ0n) is 6.99. The molecule has 0 aliphatic carbocycles. The van der Waals surface area contributed by atoms with E-state index >= 15 is 0 Å². The molecule has 0 aromatic carbocycles. The van der Waals surface area contributed by atoms with E-state index in [9.17, 15) is 4.79 Å². The smallest absolute Gasteiger partial charge is 0.260 e. The Labute approximate surface area is 81.1 Å². The fourth-order valence-electron chi connectivity index (χ4n) is 0.452. The first-order valence-electron chi connectivity index (χ1n) is 3.40. The van der Waals surface area contributed by atoms with Gasteiger partial charge in [-0.25, -0.2) is 3.71 Å². The molecule has 0 spiro atoms. The predicted molar refractivity (Wildman–Crippen MR) is 57.0 cm³/mol. The summed E-state index contributed by atoms with van der Waals surface area (Å²) in [7, 11) is 0. The van der Waals surface area contributed by atoms with E-state index in [1.54, 1.807) is 27.6 Å². The molecule has 0 aromatic heterocycles. The SMILES string of the molecule is CCSN(SCC)C(=O)SC. The van der Waals surface area contributed by atoms with E-state index in [1.165, 1.54) is 11.8 Å². The summed E-state index contributed by atoms with van der Waals surface area (Å²) < 4.78 is 1.74. The van der Waals surface area contributed by atoms with E-state index in [-0.39, 0.29) is 5.24 Å². The molecule has 0 fully saturated rings. The van der Waals surface area contributed by atoms with Crippen LogP contribution in [0.4, 0.5) is 4.79 Å². The van der Waals surface area contributed by atoms with Crippen LogP contribution in [-0.4, -0.2) is 26.7 Å². The first-order valence-corrected chi connectivity index (χ1v) is 6.51. The molecule has 0 aliphatic heterocycles. The minimum absolute atomic E-state index is 0.128. The molecule has 0 atom stereocenters. The summed E-state index contributed by atoms with van der Waals surface area (Å²) in [5.41, 5.74) is 0. The molecule has 11 heavy (non-hydrogen) atoms. The highest BCUT2D eigenvalue weighted by Crippen LogP contribution is 2.25. The highest BCUT2D eigenvalue weighted by atomic mass is 32.2. The maximum absolute atomic E-state index is 11.1. The average molecular weight is 211 g/mol. The number of amides is 1. The van der Waals surface area contributed by atoms with Gasteiger partial charge < -0.3 is 0 Å². The quantitative estimate of drug-likeness (QED) is 0.666. The third kappa shape index (κ3) is 4.87. The second-order valence-corrected chi connectivity index (χ2v) is 4.95. The van der Waals surface area contributed by atoms with Crippen LogP contribution in [0.5, 0.6) is 0 Å². The van der Waals surface area contributed by atoms with Crippen LogP contribution in [0.25, 0.3) is 0 Å². The lowest BCUT2D eigenvalue weighted by Crippen LogP contribution is -2.11. The minimum atomic E-state index is 0.128. The van der Waals surface area contributed by atoms with Crippen LogP contribution >= 0.6 is 35.7 Å². The highest BCUT2D eigenvalue weighted by molar-refractivity contribution is 8.19. The summed E-state index contributed by atoms with van der Waals surface area (Å²) in [6.45, 7) is 4.09. The topological polar surface area (TPSA) is 20.3 Å². The van der Waals surface area contributed by atoms with Crippen LogP contribution in [-0.2, 0) is 0 Å². The van der Waals surface area contributed by atoms with E-state index in [1.807, 2.05) is 20.1 Å². The molecule has 0 heterocycles. The van der Waals surface area contributed by atoms with Gasteiger partial charge >= 0.3 is 5.24 Å². The first-order chi connectivity index (χ1) is 5.26. The van der Waals surface area contributed by atoms with E-state index in [4.69, 9.17) is 0 Å². The van der Waals surface area contributed by atoms with Gasteiger partial charge in [0.15, 0.2) is 0 Å². The molecule has 0 bridgehead atoms. The Hall–Kier alpha value is 0.520. The molecule has 0 saturated heterocycles.